The van der Waals surface area contributed by atoms with Gasteiger partial charge in [-0.25, -0.2) is 0 Å². The Morgan fingerprint density at radius 1 is 1.19 bits per heavy atom. The van der Waals surface area contributed by atoms with Gasteiger partial charge < -0.3 is 4.74 Å². The number of hydrogen-bond donors (Lipinski definition) is 0. The van der Waals surface area contributed by atoms with E-state index in [1.807, 2.05) is 24.3 Å². The summed E-state index contributed by atoms with van der Waals surface area (Å²) in [6.45, 7) is 8.17. The Morgan fingerprint density at radius 2 is 1.76 bits per heavy atom. The molecule has 0 amide bonds. The minimum Gasteiger partial charge on any atom is -0.372 e. The molecule has 1 fully saturated rings. The van der Waals surface area contributed by atoms with Crippen molar-refractivity contribution in [3.8, 4) is 0 Å². The first kappa shape index (κ1) is 16.9. The molecular weight excluding hydrogens is 300 g/mol. The highest BCUT2D eigenvalue weighted by molar-refractivity contribution is 7.98. The summed E-state index contributed by atoms with van der Waals surface area (Å²) >= 11 is 1.71. The highest BCUT2D eigenvalue weighted by Gasteiger charge is 2.46. The van der Waals surface area contributed by atoms with Gasteiger partial charge in [-0.2, -0.15) is 0 Å². The van der Waals surface area contributed by atoms with Crippen molar-refractivity contribution >= 4 is 28.4 Å². The molecule has 1 aliphatic heterocycles. The normalized spacial score (nSPS) is 18.5. The van der Waals surface area contributed by atoms with Crippen LogP contribution in [0.1, 0.15) is 31.1 Å². The van der Waals surface area contributed by atoms with Crippen molar-refractivity contribution < 1.29 is 9.53 Å². The van der Waals surface area contributed by atoms with Crippen LogP contribution in [0.2, 0.25) is 0 Å². The minimum absolute atomic E-state index is 0.00425. The molecule has 1 atom stereocenters. The van der Waals surface area contributed by atoms with Crippen LogP contribution in [-0.2, 0) is 15.6 Å². The number of benzene rings is 1. The summed E-state index contributed by atoms with van der Waals surface area (Å²) in [5.74, 6) is 2.35. The number of ketones is 1. The van der Waals surface area contributed by atoms with Crippen LogP contribution in [0.25, 0.3) is 0 Å². The first-order valence-corrected chi connectivity index (χ1v) is 10.2. The van der Waals surface area contributed by atoms with E-state index in [1.54, 1.807) is 11.8 Å². The molecule has 1 aromatic rings. The molecule has 1 heterocycles. The van der Waals surface area contributed by atoms with E-state index in [9.17, 15) is 4.79 Å². The number of carbonyl (C=O) groups excluding carboxylic acids is 1. The first-order chi connectivity index (χ1) is 9.93. The van der Waals surface area contributed by atoms with Crippen LogP contribution in [0, 0.1) is 5.41 Å². The fourth-order valence-corrected chi connectivity index (χ4v) is 5.91. The summed E-state index contributed by atoms with van der Waals surface area (Å²) in [6.07, 6.45) is 2.05. The Labute approximate surface area is 135 Å². The van der Waals surface area contributed by atoms with Gasteiger partial charge >= 0.3 is 0 Å². The van der Waals surface area contributed by atoms with Gasteiger partial charge in [0, 0.05) is 26.8 Å². The lowest BCUT2D eigenvalue weighted by atomic mass is 9.87. The molecule has 0 spiro atoms. The van der Waals surface area contributed by atoms with Crippen LogP contribution < -0.4 is 0 Å². The third-order valence-electron chi connectivity index (χ3n) is 3.71. The third kappa shape index (κ3) is 4.27. The van der Waals surface area contributed by atoms with Crippen LogP contribution in [0.15, 0.2) is 29.2 Å². The Kier molecular flexibility index (Phi) is 5.81. The lowest BCUT2D eigenvalue weighted by molar-refractivity contribution is 0.0946. The van der Waals surface area contributed by atoms with Gasteiger partial charge in [0.1, 0.15) is 11.5 Å². The van der Waals surface area contributed by atoms with E-state index in [1.165, 1.54) is 4.90 Å². The second-order valence-electron chi connectivity index (χ2n) is 6.40. The first-order valence-electron chi connectivity index (χ1n) is 7.36. The number of carbonyl (C=O) groups is 1. The van der Waals surface area contributed by atoms with E-state index in [0.717, 1.165) is 30.3 Å². The topological polar surface area (TPSA) is 26.3 Å². The molecule has 1 aliphatic rings. The van der Waals surface area contributed by atoms with E-state index in [2.05, 4.69) is 27.0 Å². The van der Waals surface area contributed by atoms with Crippen LogP contribution in [0.4, 0.5) is 0 Å². The maximum absolute atomic E-state index is 13.0. The predicted octanol–water partition coefficient (Wildman–Crippen LogP) is 3.65. The smallest absolute Gasteiger partial charge is 0.215 e. The second-order valence-corrected chi connectivity index (χ2v) is 9.64. The van der Waals surface area contributed by atoms with Gasteiger partial charge in [-0.15, -0.1) is 11.8 Å². The van der Waals surface area contributed by atoms with Crippen molar-refractivity contribution in [1.82, 2.24) is 0 Å². The highest BCUT2D eigenvalue weighted by Crippen LogP contribution is 2.32. The van der Waals surface area contributed by atoms with Crippen LogP contribution in [0.3, 0.4) is 0 Å². The monoisotopic (exact) mass is 325 g/mol. The molecule has 116 valence electrons. The van der Waals surface area contributed by atoms with E-state index >= 15 is 0 Å². The number of thioether (sulfide) groups is 1. The van der Waals surface area contributed by atoms with E-state index in [-0.39, 0.29) is 21.6 Å². The molecule has 0 aliphatic carbocycles. The highest BCUT2D eigenvalue weighted by atomic mass is 32.2. The van der Waals surface area contributed by atoms with Gasteiger partial charge in [-0.05, 0) is 18.4 Å². The molecule has 0 saturated carbocycles. The molecule has 0 aromatic heterocycles. The third-order valence-corrected chi connectivity index (χ3v) is 7.43. The van der Waals surface area contributed by atoms with Crippen molar-refractivity contribution in [3.63, 3.8) is 0 Å². The molecule has 2 rings (SSSR count). The molecule has 0 radical (unpaired) electrons. The predicted molar refractivity (Wildman–Crippen MR) is 93.7 cm³/mol. The largest absolute Gasteiger partial charge is 0.372 e. The molecule has 2 nitrogen and oxygen atoms in total. The number of ether oxygens (including phenoxy) is 1. The van der Waals surface area contributed by atoms with E-state index in [0.29, 0.717) is 5.78 Å². The molecule has 4 heteroatoms. The van der Waals surface area contributed by atoms with Gasteiger partial charge in [0.25, 0.3) is 0 Å². The lowest BCUT2D eigenvalue weighted by Gasteiger charge is -2.31. The molecule has 21 heavy (non-hydrogen) atoms. The van der Waals surface area contributed by atoms with Crippen molar-refractivity contribution in [2.24, 2.45) is 5.41 Å². The Hall–Kier alpha value is -0.450. The van der Waals surface area contributed by atoms with E-state index in [4.69, 9.17) is 4.74 Å². The summed E-state index contributed by atoms with van der Waals surface area (Å²) in [4.78, 5) is 14.3. The van der Waals surface area contributed by atoms with Crippen molar-refractivity contribution in [2.45, 2.75) is 30.9 Å². The molecule has 1 saturated heterocycles. The van der Waals surface area contributed by atoms with Gasteiger partial charge in [-0.1, -0.05) is 32.9 Å². The fourth-order valence-electron chi connectivity index (χ4n) is 2.72. The van der Waals surface area contributed by atoms with E-state index < -0.39 is 0 Å². The van der Waals surface area contributed by atoms with Crippen molar-refractivity contribution in [2.75, 3.05) is 31.0 Å². The summed E-state index contributed by atoms with van der Waals surface area (Å²) in [5, 5.41) is 0.0986. The average molecular weight is 326 g/mol. The Bertz CT molecular complexity index is 471. The van der Waals surface area contributed by atoms with Crippen LogP contribution in [-0.4, -0.2) is 42.0 Å². The molecule has 1 aromatic carbocycles. The number of Topliss-reactive ketones (excluding diaryl/α,β-unsaturated/α-hetero) is 1. The fraction of sp³-hybridized carbons (Fsp3) is 0.588. The lowest BCUT2D eigenvalue weighted by Crippen LogP contribution is -2.47. The molecular formula is C17H25O2S2+. The molecule has 1 unspecified atom stereocenters. The zero-order chi connectivity index (χ0) is 15.5. The van der Waals surface area contributed by atoms with Crippen molar-refractivity contribution in [1.29, 1.82) is 0 Å². The Morgan fingerprint density at radius 3 is 2.24 bits per heavy atom. The summed E-state index contributed by atoms with van der Waals surface area (Å²) in [6, 6.07) is 8.06. The maximum Gasteiger partial charge on any atom is 0.215 e. The maximum atomic E-state index is 13.0. The quantitative estimate of drug-likeness (QED) is 0.480. The SMILES string of the molecule is CSc1ccc(C(=O)C([S+]2CCOCC2)C(C)(C)C)cc1. The standard InChI is InChI=1S/C17H25O2S2/c1-17(2,3)16(21-11-9-19-10-12-21)15(18)13-5-7-14(20-4)8-6-13/h5-8,16H,9-12H2,1-4H3/q+1. The molecule has 0 N–H and O–H groups in total. The summed E-state index contributed by atoms with van der Waals surface area (Å²) in [7, 11) is 0.131. The second kappa shape index (κ2) is 7.21. The van der Waals surface area contributed by atoms with Gasteiger partial charge in [0.15, 0.2) is 5.25 Å². The van der Waals surface area contributed by atoms with Crippen molar-refractivity contribution in [3.05, 3.63) is 29.8 Å². The average Bonchev–Trinajstić information content (AvgIpc) is 2.47. The van der Waals surface area contributed by atoms with Crippen LogP contribution in [0.5, 0.6) is 0 Å². The minimum atomic E-state index is -0.00425. The number of hydrogen-bond acceptors (Lipinski definition) is 3. The van der Waals surface area contributed by atoms with Gasteiger partial charge in [0.05, 0.1) is 13.2 Å². The number of rotatable bonds is 4. The molecule has 0 bridgehead atoms. The van der Waals surface area contributed by atoms with Gasteiger partial charge in [0.2, 0.25) is 5.78 Å². The van der Waals surface area contributed by atoms with Crippen LogP contribution >= 0.6 is 11.8 Å². The van der Waals surface area contributed by atoms with Gasteiger partial charge in [-0.3, -0.25) is 4.79 Å². The summed E-state index contributed by atoms with van der Waals surface area (Å²) in [5.41, 5.74) is 0.849. The Balaban J connectivity index is 2.24. The summed E-state index contributed by atoms with van der Waals surface area (Å²) < 4.78 is 5.47. The zero-order valence-corrected chi connectivity index (χ0v) is 15.0. The zero-order valence-electron chi connectivity index (χ0n) is 13.3.